The lowest BCUT2D eigenvalue weighted by Gasteiger charge is -2.22. The first-order chi connectivity index (χ1) is 9.82. The quantitative estimate of drug-likeness (QED) is 0.863. The Morgan fingerprint density at radius 1 is 1.48 bits per heavy atom. The lowest BCUT2D eigenvalue weighted by atomic mass is 10.2. The van der Waals surface area contributed by atoms with E-state index in [0.29, 0.717) is 6.54 Å². The van der Waals surface area contributed by atoms with Gasteiger partial charge in [0, 0.05) is 17.6 Å². The second-order valence-corrected chi connectivity index (χ2v) is 7.02. The standard InChI is InChI=1S/C13H16ClNO5S/c1-3-15(9-4-5-9)21(18,19)11-7-8(14)6-10(13(16)17)12(11)20-2/h6-7,9H,3-5H2,1-2H3,(H,16,17). The summed E-state index contributed by atoms with van der Waals surface area (Å²) in [4.78, 5) is 11.0. The third kappa shape index (κ3) is 3.00. The largest absolute Gasteiger partial charge is 0.494 e. The van der Waals surface area contributed by atoms with Crippen molar-refractivity contribution in [3.05, 3.63) is 22.7 Å². The summed E-state index contributed by atoms with van der Waals surface area (Å²) in [5, 5.41) is 9.22. The van der Waals surface area contributed by atoms with Crippen LogP contribution in [0.3, 0.4) is 0 Å². The maximum absolute atomic E-state index is 12.7. The average molecular weight is 334 g/mol. The molecule has 0 bridgehead atoms. The number of carboxylic acid groups (broad SMARTS) is 1. The predicted molar refractivity (Wildman–Crippen MR) is 77.6 cm³/mol. The van der Waals surface area contributed by atoms with Gasteiger partial charge in [-0.25, -0.2) is 13.2 Å². The Hall–Kier alpha value is -1.31. The number of hydrogen-bond acceptors (Lipinski definition) is 4. The minimum Gasteiger partial charge on any atom is -0.494 e. The van der Waals surface area contributed by atoms with Crippen molar-refractivity contribution >= 4 is 27.6 Å². The van der Waals surface area contributed by atoms with E-state index in [-0.39, 0.29) is 27.3 Å². The fourth-order valence-corrected chi connectivity index (χ4v) is 4.43. The number of ether oxygens (including phenoxy) is 1. The zero-order valence-electron chi connectivity index (χ0n) is 11.7. The second-order valence-electron chi connectivity index (χ2n) is 4.73. The minimum absolute atomic E-state index is 0.0306. The molecule has 21 heavy (non-hydrogen) atoms. The van der Waals surface area contributed by atoms with E-state index in [9.17, 15) is 18.3 Å². The van der Waals surface area contributed by atoms with E-state index in [4.69, 9.17) is 16.3 Å². The first-order valence-corrected chi connectivity index (χ1v) is 8.27. The van der Waals surface area contributed by atoms with E-state index in [2.05, 4.69) is 0 Å². The minimum atomic E-state index is -3.85. The molecule has 0 spiro atoms. The summed E-state index contributed by atoms with van der Waals surface area (Å²) in [7, 11) is -2.61. The molecule has 1 aliphatic carbocycles. The summed E-state index contributed by atoms with van der Waals surface area (Å²) >= 11 is 5.87. The Bertz CT molecular complexity index is 669. The van der Waals surface area contributed by atoms with Crippen molar-refractivity contribution in [1.29, 1.82) is 0 Å². The van der Waals surface area contributed by atoms with Gasteiger partial charge in [-0.05, 0) is 25.0 Å². The molecule has 2 rings (SSSR count). The van der Waals surface area contributed by atoms with Crippen LogP contribution in [0.5, 0.6) is 5.75 Å². The van der Waals surface area contributed by atoms with Gasteiger partial charge in [-0.1, -0.05) is 18.5 Å². The smallest absolute Gasteiger partial charge is 0.339 e. The van der Waals surface area contributed by atoms with Crippen LogP contribution in [0.4, 0.5) is 0 Å². The number of carbonyl (C=O) groups is 1. The number of methoxy groups -OCH3 is 1. The number of benzene rings is 1. The molecule has 1 fully saturated rings. The van der Waals surface area contributed by atoms with Crippen molar-refractivity contribution in [2.75, 3.05) is 13.7 Å². The van der Waals surface area contributed by atoms with Crippen molar-refractivity contribution in [3.8, 4) is 5.75 Å². The van der Waals surface area contributed by atoms with Gasteiger partial charge in [-0.2, -0.15) is 4.31 Å². The van der Waals surface area contributed by atoms with Crippen LogP contribution in [0.25, 0.3) is 0 Å². The van der Waals surface area contributed by atoms with Gasteiger partial charge in [0.25, 0.3) is 0 Å². The summed E-state index contributed by atoms with van der Waals surface area (Å²) in [5.41, 5.74) is -0.268. The number of nitrogens with zero attached hydrogens (tertiary/aromatic N) is 1. The molecule has 6 nitrogen and oxygen atoms in total. The van der Waals surface area contributed by atoms with Crippen molar-refractivity contribution in [3.63, 3.8) is 0 Å². The van der Waals surface area contributed by atoms with E-state index in [1.807, 2.05) is 0 Å². The van der Waals surface area contributed by atoms with Gasteiger partial charge in [-0.3, -0.25) is 0 Å². The highest BCUT2D eigenvalue weighted by molar-refractivity contribution is 7.89. The molecular weight excluding hydrogens is 318 g/mol. The fraction of sp³-hybridized carbons (Fsp3) is 0.462. The van der Waals surface area contributed by atoms with Gasteiger partial charge < -0.3 is 9.84 Å². The van der Waals surface area contributed by atoms with E-state index in [1.54, 1.807) is 6.92 Å². The van der Waals surface area contributed by atoms with Crippen molar-refractivity contribution in [2.45, 2.75) is 30.7 Å². The zero-order chi connectivity index (χ0) is 15.8. The maximum Gasteiger partial charge on any atom is 0.339 e. The highest BCUT2D eigenvalue weighted by atomic mass is 35.5. The summed E-state index contributed by atoms with van der Waals surface area (Å²) in [5.74, 6) is -1.48. The van der Waals surface area contributed by atoms with Gasteiger partial charge in [0.2, 0.25) is 10.0 Å². The van der Waals surface area contributed by atoms with Crippen molar-refractivity contribution < 1.29 is 23.1 Å². The van der Waals surface area contributed by atoms with Gasteiger partial charge in [0.15, 0.2) is 5.75 Å². The molecular formula is C13H16ClNO5S. The van der Waals surface area contributed by atoms with Crippen molar-refractivity contribution in [1.82, 2.24) is 4.31 Å². The zero-order valence-corrected chi connectivity index (χ0v) is 13.2. The number of hydrogen-bond donors (Lipinski definition) is 1. The van der Waals surface area contributed by atoms with Crippen LogP contribution >= 0.6 is 11.6 Å². The maximum atomic E-state index is 12.7. The van der Waals surface area contributed by atoms with Crippen LogP contribution < -0.4 is 4.74 Å². The van der Waals surface area contributed by atoms with Gasteiger partial charge in [0.1, 0.15) is 10.5 Å². The van der Waals surface area contributed by atoms with Crippen LogP contribution in [-0.4, -0.2) is 43.5 Å². The predicted octanol–water partition coefficient (Wildman–Crippen LogP) is 2.22. The molecule has 1 saturated carbocycles. The molecule has 0 amide bonds. The monoisotopic (exact) mass is 333 g/mol. The number of rotatable bonds is 6. The summed E-state index contributed by atoms with van der Waals surface area (Å²) in [6.07, 6.45) is 1.61. The number of carboxylic acids is 1. The normalized spacial score (nSPS) is 15.2. The van der Waals surface area contributed by atoms with Crippen molar-refractivity contribution in [2.24, 2.45) is 0 Å². The third-order valence-corrected chi connectivity index (χ3v) is 5.56. The molecule has 0 radical (unpaired) electrons. The Morgan fingerprint density at radius 2 is 2.10 bits per heavy atom. The molecule has 0 aromatic heterocycles. The summed E-state index contributed by atoms with van der Waals surface area (Å²) in [6.45, 7) is 2.05. The van der Waals surface area contributed by atoms with Crippen LogP contribution in [0.1, 0.15) is 30.1 Å². The molecule has 0 saturated heterocycles. The van der Waals surface area contributed by atoms with E-state index in [0.717, 1.165) is 12.8 Å². The molecule has 1 aliphatic rings. The molecule has 116 valence electrons. The first kappa shape index (κ1) is 16.1. The van der Waals surface area contributed by atoms with Crippen LogP contribution in [0, 0.1) is 0 Å². The number of halogens is 1. The van der Waals surface area contributed by atoms with Crippen LogP contribution in [0.15, 0.2) is 17.0 Å². The molecule has 8 heteroatoms. The summed E-state index contributed by atoms with van der Waals surface area (Å²) < 4.78 is 31.9. The molecule has 0 unspecified atom stereocenters. The first-order valence-electron chi connectivity index (χ1n) is 6.45. The highest BCUT2D eigenvalue weighted by Crippen LogP contribution is 2.37. The van der Waals surface area contributed by atoms with Gasteiger partial charge in [-0.15, -0.1) is 0 Å². The number of aromatic carboxylic acids is 1. The molecule has 0 aliphatic heterocycles. The Balaban J connectivity index is 2.64. The SMILES string of the molecule is CCN(C1CC1)S(=O)(=O)c1cc(Cl)cc(C(=O)O)c1OC. The van der Waals surface area contributed by atoms with Crippen LogP contribution in [-0.2, 0) is 10.0 Å². The third-order valence-electron chi connectivity index (χ3n) is 3.31. The second kappa shape index (κ2) is 5.82. The Morgan fingerprint density at radius 3 is 2.52 bits per heavy atom. The lowest BCUT2D eigenvalue weighted by Crippen LogP contribution is -2.33. The molecule has 1 N–H and O–H groups in total. The van der Waals surface area contributed by atoms with Gasteiger partial charge in [0.05, 0.1) is 7.11 Å². The summed E-state index contributed by atoms with van der Waals surface area (Å²) in [6, 6.07) is 2.37. The van der Waals surface area contributed by atoms with E-state index in [1.165, 1.54) is 23.5 Å². The molecule has 0 heterocycles. The highest BCUT2D eigenvalue weighted by Gasteiger charge is 2.39. The Labute approximate surface area is 128 Å². The lowest BCUT2D eigenvalue weighted by molar-refractivity contribution is 0.0693. The van der Waals surface area contributed by atoms with Gasteiger partial charge >= 0.3 is 5.97 Å². The molecule has 0 atom stereocenters. The fourth-order valence-electron chi connectivity index (χ4n) is 2.24. The average Bonchev–Trinajstić information content (AvgIpc) is 3.22. The Kier molecular flexibility index (Phi) is 4.46. The van der Waals surface area contributed by atoms with Crippen LogP contribution in [0.2, 0.25) is 5.02 Å². The number of sulfonamides is 1. The van der Waals surface area contributed by atoms with E-state index < -0.39 is 16.0 Å². The van der Waals surface area contributed by atoms with E-state index >= 15 is 0 Å². The molecule has 1 aromatic carbocycles. The topological polar surface area (TPSA) is 83.9 Å². The molecule has 1 aromatic rings.